The van der Waals surface area contributed by atoms with Gasteiger partial charge in [-0.3, -0.25) is 14.9 Å². The summed E-state index contributed by atoms with van der Waals surface area (Å²) in [6.45, 7) is 1.37. The topological polar surface area (TPSA) is 112 Å². The van der Waals surface area contributed by atoms with E-state index in [2.05, 4.69) is 20.6 Å². The molecule has 2 N–H and O–H groups in total. The number of aromatic nitrogens is 2. The van der Waals surface area contributed by atoms with Crippen LogP contribution in [0.3, 0.4) is 0 Å². The molecule has 3 aromatic carbocycles. The van der Waals surface area contributed by atoms with E-state index in [0.717, 1.165) is 10.8 Å². The quantitative estimate of drug-likeness (QED) is 0.415. The number of hydrogen-bond acceptors (Lipinski definition) is 7. The van der Waals surface area contributed by atoms with E-state index in [0.29, 0.717) is 28.5 Å². The summed E-state index contributed by atoms with van der Waals surface area (Å²) in [5.41, 5.74) is 1.05. The standard InChI is InChI=1S/C25H22N4O5/c1-15(30)27-25-26-10-9-23(29-25)34-18-7-8-21-16(11-18)5-4-6-22(21)24(31)28-17-12-19(32-2)14-20(13-17)33-3/h4-14H,1-3H3,(H,28,31)(H,26,27,29,30). The van der Waals surface area contributed by atoms with Gasteiger partial charge in [-0.2, -0.15) is 4.98 Å². The summed E-state index contributed by atoms with van der Waals surface area (Å²) >= 11 is 0. The lowest BCUT2D eigenvalue weighted by atomic mass is 10.0. The number of nitrogens with zero attached hydrogens (tertiary/aromatic N) is 2. The molecular weight excluding hydrogens is 436 g/mol. The van der Waals surface area contributed by atoms with Crippen LogP contribution in [0.1, 0.15) is 17.3 Å². The molecule has 0 spiro atoms. The van der Waals surface area contributed by atoms with Crippen molar-refractivity contribution in [2.45, 2.75) is 6.92 Å². The Morgan fingerprint density at radius 2 is 1.62 bits per heavy atom. The molecule has 4 aromatic rings. The molecule has 9 nitrogen and oxygen atoms in total. The van der Waals surface area contributed by atoms with E-state index in [1.54, 1.807) is 62.8 Å². The zero-order valence-electron chi connectivity index (χ0n) is 18.8. The maximum Gasteiger partial charge on any atom is 0.256 e. The van der Waals surface area contributed by atoms with Crippen LogP contribution < -0.4 is 24.8 Å². The fourth-order valence-corrected chi connectivity index (χ4v) is 3.34. The molecule has 2 amide bonds. The van der Waals surface area contributed by atoms with Crippen LogP contribution in [0.25, 0.3) is 10.8 Å². The third-order valence-corrected chi connectivity index (χ3v) is 4.85. The van der Waals surface area contributed by atoms with E-state index < -0.39 is 0 Å². The van der Waals surface area contributed by atoms with Gasteiger partial charge >= 0.3 is 0 Å². The molecule has 0 saturated heterocycles. The lowest BCUT2D eigenvalue weighted by molar-refractivity contribution is -0.114. The summed E-state index contributed by atoms with van der Waals surface area (Å²) in [5.74, 6) is 1.54. The molecular formula is C25H22N4O5. The summed E-state index contributed by atoms with van der Waals surface area (Å²) in [7, 11) is 3.10. The highest BCUT2D eigenvalue weighted by Gasteiger charge is 2.13. The first-order valence-corrected chi connectivity index (χ1v) is 10.3. The molecule has 0 fully saturated rings. The predicted molar refractivity (Wildman–Crippen MR) is 128 cm³/mol. The van der Waals surface area contributed by atoms with Gasteiger partial charge < -0.3 is 19.5 Å². The number of fused-ring (bicyclic) bond motifs is 1. The maximum absolute atomic E-state index is 13.1. The minimum Gasteiger partial charge on any atom is -0.497 e. The molecule has 0 aliphatic carbocycles. The number of hydrogen-bond donors (Lipinski definition) is 2. The molecule has 9 heteroatoms. The summed E-state index contributed by atoms with van der Waals surface area (Å²) in [6.07, 6.45) is 1.49. The molecule has 0 bridgehead atoms. The van der Waals surface area contributed by atoms with Crippen molar-refractivity contribution in [1.29, 1.82) is 0 Å². The second kappa shape index (κ2) is 9.86. The van der Waals surface area contributed by atoms with Crippen LogP contribution in [0.2, 0.25) is 0 Å². The van der Waals surface area contributed by atoms with E-state index in [1.165, 1.54) is 13.1 Å². The Labute approximate surface area is 195 Å². The van der Waals surface area contributed by atoms with Gasteiger partial charge in [0, 0.05) is 48.6 Å². The third kappa shape index (κ3) is 5.21. The van der Waals surface area contributed by atoms with Crippen LogP contribution in [0.4, 0.5) is 11.6 Å². The van der Waals surface area contributed by atoms with Crippen LogP contribution in [-0.4, -0.2) is 36.0 Å². The number of anilines is 2. The van der Waals surface area contributed by atoms with Crippen molar-refractivity contribution in [2.24, 2.45) is 0 Å². The number of nitrogens with one attached hydrogen (secondary N) is 2. The molecule has 0 saturated carbocycles. The van der Waals surface area contributed by atoms with Gasteiger partial charge in [0.05, 0.1) is 14.2 Å². The van der Waals surface area contributed by atoms with Gasteiger partial charge in [0.2, 0.25) is 17.7 Å². The lowest BCUT2D eigenvalue weighted by Gasteiger charge is -2.12. The predicted octanol–water partition coefficient (Wildman–Crippen LogP) is 4.65. The molecule has 0 aliphatic rings. The fourth-order valence-electron chi connectivity index (χ4n) is 3.34. The zero-order chi connectivity index (χ0) is 24.1. The minimum atomic E-state index is -0.277. The van der Waals surface area contributed by atoms with Gasteiger partial charge in [-0.15, -0.1) is 0 Å². The second-order valence-electron chi connectivity index (χ2n) is 7.25. The molecule has 4 rings (SSSR count). The first-order chi connectivity index (χ1) is 16.4. The number of methoxy groups -OCH3 is 2. The Balaban J connectivity index is 1.58. The van der Waals surface area contributed by atoms with Crippen LogP contribution in [0, 0.1) is 0 Å². The number of ether oxygens (including phenoxy) is 3. The van der Waals surface area contributed by atoms with Gasteiger partial charge in [0.1, 0.15) is 17.2 Å². The van der Waals surface area contributed by atoms with E-state index in [1.807, 2.05) is 12.1 Å². The third-order valence-electron chi connectivity index (χ3n) is 4.85. The molecule has 0 radical (unpaired) electrons. The molecule has 1 heterocycles. The second-order valence-corrected chi connectivity index (χ2v) is 7.25. The summed E-state index contributed by atoms with van der Waals surface area (Å²) in [4.78, 5) is 32.4. The number of amides is 2. The van der Waals surface area contributed by atoms with E-state index in [4.69, 9.17) is 14.2 Å². The zero-order valence-corrected chi connectivity index (χ0v) is 18.8. The van der Waals surface area contributed by atoms with Crippen molar-refractivity contribution < 1.29 is 23.8 Å². The van der Waals surface area contributed by atoms with E-state index in [9.17, 15) is 9.59 Å². The van der Waals surface area contributed by atoms with Crippen LogP contribution in [0.5, 0.6) is 23.1 Å². The van der Waals surface area contributed by atoms with Crippen molar-refractivity contribution in [1.82, 2.24) is 9.97 Å². The monoisotopic (exact) mass is 458 g/mol. The Morgan fingerprint density at radius 1 is 0.853 bits per heavy atom. The molecule has 172 valence electrons. The Hall–Kier alpha value is -4.66. The number of carbonyl (C=O) groups is 2. The van der Waals surface area contributed by atoms with Crippen LogP contribution in [-0.2, 0) is 4.79 Å². The highest BCUT2D eigenvalue weighted by atomic mass is 16.5. The van der Waals surface area contributed by atoms with Gasteiger partial charge in [-0.1, -0.05) is 12.1 Å². The Morgan fingerprint density at radius 3 is 2.32 bits per heavy atom. The SMILES string of the molecule is COc1cc(NC(=O)c2cccc3cc(Oc4ccnc(NC(C)=O)n4)ccc23)cc(OC)c1. The van der Waals surface area contributed by atoms with Gasteiger partial charge in [0.15, 0.2) is 0 Å². The molecule has 0 atom stereocenters. The fraction of sp³-hybridized carbons (Fsp3) is 0.120. The maximum atomic E-state index is 13.1. The molecule has 0 unspecified atom stereocenters. The van der Waals surface area contributed by atoms with Crippen molar-refractivity contribution >= 4 is 34.2 Å². The summed E-state index contributed by atoms with van der Waals surface area (Å²) in [5, 5.41) is 6.97. The number of rotatable bonds is 7. The summed E-state index contributed by atoms with van der Waals surface area (Å²) in [6, 6.07) is 17.5. The Bertz CT molecular complexity index is 1350. The van der Waals surface area contributed by atoms with E-state index >= 15 is 0 Å². The number of carbonyl (C=O) groups excluding carboxylic acids is 2. The largest absolute Gasteiger partial charge is 0.497 e. The first kappa shape index (κ1) is 22.5. The average molecular weight is 458 g/mol. The highest BCUT2D eigenvalue weighted by molar-refractivity contribution is 6.13. The number of benzene rings is 3. The Kier molecular flexibility index (Phi) is 6.54. The minimum absolute atomic E-state index is 0.152. The van der Waals surface area contributed by atoms with Crippen molar-refractivity contribution in [3.05, 3.63) is 72.4 Å². The normalized spacial score (nSPS) is 10.4. The van der Waals surface area contributed by atoms with Crippen LogP contribution in [0.15, 0.2) is 66.9 Å². The van der Waals surface area contributed by atoms with Crippen molar-refractivity contribution in [3.8, 4) is 23.1 Å². The van der Waals surface area contributed by atoms with Crippen LogP contribution >= 0.6 is 0 Å². The molecule has 1 aromatic heterocycles. The molecule has 34 heavy (non-hydrogen) atoms. The first-order valence-electron chi connectivity index (χ1n) is 10.3. The highest BCUT2D eigenvalue weighted by Crippen LogP contribution is 2.29. The summed E-state index contributed by atoms with van der Waals surface area (Å²) < 4.78 is 16.4. The lowest BCUT2D eigenvalue weighted by Crippen LogP contribution is -2.12. The van der Waals surface area contributed by atoms with Gasteiger partial charge in [0.25, 0.3) is 5.91 Å². The van der Waals surface area contributed by atoms with E-state index in [-0.39, 0.29) is 23.6 Å². The van der Waals surface area contributed by atoms with Gasteiger partial charge in [-0.25, -0.2) is 4.98 Å². The van der Waals surface area contributed by atoms with Gasteiger partial charge in [-0.05, 0) is 35.0 Å². The van der Waals surface area contributed by atoms with Crippen molar-refractivity contribution in [3.63, 3.8) is 0 Å². The van der Waals surface area contributed by atoms with Crippen molar-refractivity contribution in [2.75, 3.05) is 24.9 Å². The average Bonchev–Trinajstić information content (AvgIpc) is 2.83. The molecule has 0 aliphatic heterocycles. The smallest absolute Gasteiger partial charge is 0.256 e.